The van der Waals surface area contributed by atoms with Gasteiger partial charge in [0, 0.05) is 23.4 Å². The smallest absolute Gasteiger partial charge is 0.196 e. The van der Waals surface area contributed by atoms with E-state index in [1.54, 1.807) is 24.7 Å². The van der Waals surface area contributed by atoms with E-state index in [0.29, 0.717) is 22.8 Å². The number of aromatic nitrogens is 4. The van der Waals surface area contributed by atoms with E-state index in [1.165, 1.54) is 12.1 Å². The third kappa shape index (κ3) is 2.67. The number of ketones is 1. The van der Waals surface area contributed by atoms with Crippen LogP contribution < -0.4 is 0 Å². The standard InChI is InChI=1S/C18H10F2N4O2/c19-13-5-11(25)4-12(17(13)20)18(26)9-1-2-14-15(3-9)24-16(8-21-14)10-6-22-23-7-10/h1-8,25H,(H,22,23). The minimum atomic E-state index is -1.31. The van der Waals surface area contributed by atoms with Gasteiger partial charge in [-0.25, -0.2) is 13.8 Å². The van der Waals surface area contributed by atoms with Crippen LogP contribution in [-0.4, -0.2) is 31.1 Å². The molecule has 0 saturated heterocycles. The van der Waals surface area contributed by atoms with Gasteiger partial charge in [0.2, 0.25) is 0 Å². The Labute approximate surface area is 145 Å². The Morgan fingerprint density at radius 2 is 1.92 bits per heavy atom. The van der Waals surface area contributed by atoms with Crippen molar-refractivity contribution in [2.45, 2.75) is 0 Å². The molecule has 26 heavy (non-hydrogen) atoms. The molecule has 2 heterocycles. The highest BCUT2D eigenvalue weighted by Crippen LogP contribution is 2.24. The van der Waals surface area contributed by atoms with Gasteiger partial charge in [-0.3, -0.25) is 14.9 Å². The summed E-state index contributed by atoms with van der Waals surface area (Å²) >= 11 is 0. The predicted molar refractivity (Wildman–Crippen MR) is 88.6 cm³/mol. The van der Waals surface area contributed by atoms with Crippen molar-refractivity contribution in [3.05, 3.63) is 71.7 Å². The molecule has 0 saturated carbocycles. The fraction of sp³-hybridized carbons (Fsp3) is 0. The van der Waals surface area contributed by atoms with Gasteiger partial charge in [0.1, 0.15) is 5.75 Å². The first-order valence-corrected chi connectivity index (χ1v) is 7.51. The maximum atomic E-state index is 13.9. The molecule has 4 aromatic rings. The SMILES string of the molecule is O=C(c1ccc2ncc(-c3cn[nH]c3)nc2c1)c1cc(O)cc(F)c1F. The Morgan fingerprint density at radius 1 is 1.08 bits per heavy atom. The molecular formula is C18H10F2N4O2. The van der Waals surface area contributed by atoms with Gasteiger partial charge in [0.25, 0.3) is 0 Å². The minimum absolute atomic E-state index is 0.0973. The largest absolute Gasteiger partial charge is 0.508 e. The van der Waals surface area contributed by atoms with Crippen LogP contribution in [-0.2, 0) is 0 Å². The number of hydrogen-bond donors (Lipinski definition) is 2. The average molecular weight is 352 g/mol. The van der Waals surface area contributed by atoms with Crippen molar-refractivity contribution in [3.63, 3.8) is 0 Å². The molecule has 2 aromatic heterocycles. The Hall–Kier alpha value is -3.68. The molecule has 2 N–H and O–H groups in total. The first-order valence-electron chi connectivity index (χ1n) is 7.51. The first-order chi connectivity index (χ1) is 12.5. The van der Waals surface area contributed by atoms with Gasteiger partial charge in [-0.1, -0.05) is 0 Å². The number of H-pyrrole nitrogens is 1. The van der Waals surface area contributed by atoms with Crippen LogP contribution in [0, 0.1) is 11.6 Å². The van der Waals surface area contributed by atoms with E-state index in [9.17, 15) is 18.7 Å². The molecule has 0 bridgehead atoms. The number of nitrogens with one attached hydrogen (secondary N) is 1. The fourth-order valence-corrected chi connectivity index (χ4v) is 2.58. The second-order valence-corrected chi connectivity index (χ2v) is 5.56. The lowest BCUT2D eigenvalue weighted by atomic mass is 10.0. The predicted octanol–water partition coefficient (Wildman–Crippen LogP) is 3.23. The Balaban J connectivity index is 1.81. The van der Waals surface area contributed by atoms with Gasteiger partial charge < -0.3 is 5.11 Å². The number of aromatic amines is 1. The summed E-state index contributed by atoms with van der Waals surface area (Å²) in [6.45, 7) is 0. The monoisotopic (exact) mass is 352 g/mol. The molecule has 2 aromatic carbocycles. The molecule has 0 aliphatic rings. The van der Waals surface area contributed by atoms with Crippen molar-refractivity contribution in [1.82, 2.24) is 20.2 Å². The highest BCUT2D eigenvalue weighted by atomic mass is 19.2. The third-order valence-electron chi connectivity index (χ3n) is 3.86. The normalized spacial score (nSPS) is 11.0. The summed E-state index contributed by atoms with van der Waals surface area (Å²) < 4.78 is 27.4. The van der Waals surface area contributed by atoms with Gasteiger partial charge >= 0.3 is 0 Å². The Bertz CT molecular complexity index is 1140. The van der Waals surface area contributed by atoms with Crippen LogP contribution in [0.2, 0.25) is 0 Å². The summed E-state index contributed by atoms with van der Waals surface area (Å²) in [7, 11) is 0. The van der Waals surface area contributed by atoms with Crippen molar-refractivity contribution >= 4 is 16.8 Å². The molecule has 0 amide bonds. The van der Waals surface area contributed by atoms with Crippen molar-refractivity contribution in [1.29, 1.82) is 0 Å². The molecule has 128 valence electrons. The van der Waals surface area contributed by atoms with E-state index in [4.69, 9.17) is 0 Å². The van der Waals surface area contributed by atoms with Gasteiger partial charge in [-0.05, 0) is 24.3 Å². The van der Waals surface area contributed by atoms with Gasteiger partial charge in [0.15, 0.2) is 17.4 Å². The second-order valence-electron chi connectivity index (χ2n) is 5.56. The molecule has 4 rings (SSSR count). The maximum absolute atomic E-state index is 13.9. The van der Waals surface area contributed by atoms with Crippen LogP contribution in [0.1, 0.15) is 15.9 Å². The second kappa shape index (κ2) is 5.99. The summed E-state index contributed by atoms with van der Waals surface area (Å²) in [4.78, 5) is 21.2. The maximum Gasteiger partial charge on any atom is 0.196 e. The van der Waals surface area contributed by atoms with Crippen molar-refractivity contribution < 1.29 is 18.7 Å². The number of rotatable bonds is 3. The van der Waals surface area contributed by atoms with Crippen molar-refractivity contribution in [2.24, 2.45) is 0 Å². The van der Waals surface area contributed by atoms with E-state index in [0.717, 1.165) is 11.6 Å². The Kier molecular flexibility index (Phi) is 3.65. The highest BCUT2D eigenvalue weighted by Gasteiger charge is 2.19. The summed E-state index contributed by atoms with van der Waals surface area (Å²) in [6.07, 6.45) is 4.80. The molecule has 0 atom stereocenters. The molecule has 0 fully saturated rings. The zero-order valence-electron chi connectivity index (χ0n) is 13.1. The van der Waals surface area contributed by atoms with Crippen LogP contribution in [0.25, 0.3) is 22.3 Å². The van der Waals surface area contributed by atoms with Crippen LogP contribution in [0.15, 0.2) is 48.9 Å². The number of fused-ring (bicyclic) bond motifs is 1. The lowest BCUT2D eigenvalue weighted by molar-refractivity contribution is 0.103. The number of benzene rings is 2. The lowest BCUT2D eigenvalue weighted by Crippen LogP contribution is -2.06. The van der Waals surface area contributed by atoms with E-state index in [1.807, 2.05) is 0 Å². The topological polar surface area (TPSA) is 91.8 Å². The summed E-state index contributed by atoms with van der Waals surface area (Å²) in [5, 5.41) is 16.0. The quantitative estimate of drug-likeness (QED) is 0.552. The van der Waals surface area contributed by atoms with E-state index >= 15 is 0 Å². The van der Waals surface area contributed by atoms with Crippen molar-refractivity contribution in [2.75, 3.05) is 0 Å². The molecule has 0 radical (unpaired) electrons. The highest BCUT2D eigenvalue weighted by molar-refractivity contribution is 6.10. The van der Waals surface area contributed by atoms with Crippen LogP contribution in [0.4, 0.5) is 8.78 Å². The van der Waals surface area contributed by atoms with Crippen LogP contribution in [0.5, 0.6) is 5.75 Å². The number of carbonyl (C=O) groups excluding carboxylic acids is 1. The van der Waals surface area contributed by atoms with E-state index < -0.39 is 28.7 Å². The molecule has 0 aliphatic carbocycles. The molecule has 6 nitrogen and oxygen atoms in total. The summed E-state index contributed by atoms with van der Waals surface area (Å²) in [5.41, 5.74) is 1.76. The van der Waals surface area contributed by atoms with E-state index in [2.05, 4.69) is 20.2 Å². The molecular weight excluding hydrogens is 342 g/mol. The lowest BCUT2D eigenvalue weighted by Gasteiger charge is -2.06. The molecule has 0 aliphatic heterocycles. The van der Waals surface area contributed by atoms with Gasteiger partial charge in [0.05, 0.1) is 34.7 Å². The number of aromatic hydroxyl groups is 1. The third-order valence-corrected chi connectivity index (χ3v) is 3.86. The summed E-state index contributed by atoms with van der Waals surface area (Å²) in [6, 6.07) is 5.94. The zero-order chi connectivity index (χ0) is 18.3. The number of hydrogen-bond acceptors (Lipinski definition) is 5. The number of carbonyl (C=O) groups is 1. The molecule has 0 unspecified atom stereocenters. The van der Waals surface area contributed by atoms with Crippen LogP contribution >= 0.6 is 0 Å². The number of halogens is 2. The van der Waals surface area contributed by atoms with Crippen LogP contribution in [0.3, 0.4) is 0 Å². The number of phenols is 1. The molecule has 0 spiro atoms. The van der Waals surface area contributed by atoms with E-state index in [-0.39, 0.29) is 5.56 Å². The molecule has 8 heteroatoms. The number of nitrogens with zero attached hydrogens (tertiary/aromatic N) is 3. The summed E-state index contributed by atoms with van der Waals surface area (Å²) in [5.74, 6) is -3.91. The zero-order valence-corrected chi connectivity index (χ0v) is 13.1. The van der Waals surface area contributed by atoms with Gasteiger partial charge in [-0.15, -0.1) is 0 Å². The number of phenolic OH excluding ortho intramolecular Hbond substituents is 1. The average Bonchev–Trinajstić information content (AvgIpc) is 3.18. The fourth-order valence-electron chi connectivity index (χ4n) is 2.58. The Morgan fingerprint density at radius 3 is 2.69 bits per heavy atom. The van der Waals surface area contributed by atoms with Crippen molar-refractivity contribution in [3.8, 4) is 17.0 Å². The first kappa shape index (κ1) is 15.8. The minimum Gasteiger partial charge on any atom is -0.508 e. The van der Waals surface area contributed by atoms with Gasteiger partial charge in [-0.2, -0.15) is 5.10 Å².